The van der Waals surface area contributed by atoms with Crippen LogP contribution in [0.4, 0.5) is 29.7 Å². The quantitative estimate of drug-likeness (QED) is 0.0614. The number of ether oxygens (including phenoxy) is 9. The average molecular weight is 1130 g/mol. The third-order valence-electron chi connectivity index (χ3n) is 11.7. The monoisotopic (exact) mass is 1130 g/mol. The molecule has 1 aromatic carbocycles. The van der Waals surface area contributed by atoms with Crippen LogP contribution >= 0.6 is 0 Å². The molecule has 2 aliphatic heterocycles. The van der Waals surface area contributed by atoms with Crippen LogP contribution in [0.5, 0.6) is 0 Å². The van der Waals surface area contributed by atoms with Crippen LogP contribution in [0.1, 0.15) is 115 Å². The molecular weight excluding hydrogens is 1050 g/mol. The highest BCUT2D eigenvalue weighted by atomic mass is 16.7. The minimum Gasteiger partial charge on any atom is -0.465 e. The summed E-state index contributed by atoms with van der Waals surface area (Å²) in [4.78, 5) is 90.9. The van der Waals surface area contributed by atoms with Gasteiger partial charge < -0.3 is 94.5 Å². The number of amides is 6. The Labute approximate surface area is 458 Å². The van der Waals surface area contributed by atoms with Crippen LogP contribution in [0, 0.1) is 10.1 Å². The third kappa shape index (κ3) is 21.0. The second kappa shape index (κ2) is 26.8. The number of hydrogen-bond acceptors (Lipinski definition) is 21. The number of hydrogen-bond donors (Lipinski definition) is 9. The Morgan fingerprint density at radius 3 is 1.81 bits per heavy atom. The number of non-ortho nitro benzene ring substituents is 1. The number of likely N-dealkylation sites (N-methyl/N-ethyl adjacent to an activating group) is 1. The number of rotatable bonds is 17. The molecule has 1 saturated carbocycles. The van der Waals surface area contributed by atoms with Crippen molar-refractivity contribution in [1.82, 2.24) is 31.5 Å². The summed E-state index contributed by atoms with van der Waals surface area (Å²) in [5.41, 5.74) is -5.49. The van der Waals surface area contributed by atoms with Gasteiger partial charge in [-0.3, -0.25) is 14.9 Å². The van der Waals surface area contributed by atoms with E-state index in [0.717, 1.165) is 4.90 Å². The molecule has 0 aromatic heterocycles. The van der Waals surface area contributed by atoms with Crippen molar-refractivity contribution in [2.24, 2.45) is 0 Å². The lowest BCUT2D eigenvalue weighted by atomic mass is 9.82. The van der Waals surface area contributed by atoms with E-state index < -0.39 is 150 Å². The minimum atomic E-state index is -2.00. The predicted octanol–water partition coefficient (Wildman–Crippen LogP) is 3.24. The van der Waals surface area contributed by atoms with Crippen molar-refractivity contribution in [2.45, 2.75) is 211 Å². The molecule has 6 amide bonds. The molecule has 79 heavy (non-hydrogen) atoms. The molecule has 446 valence electrons. The fourth-order valence-electron chi connectivity index (χ4n) is 8.35. The molecule has 1 aromatic rings. The molecule has 0 bridgehead atoms. The summed E-state index contributed by atoms with van der Waals surface area (Å²) in [7, 11) is 1.28. The summed E-state index contributed by atoms with van der Waals surface area (Å²) in [5, 5.41) is 71.3. The van der Waals surface area contributed by atoms with Crippen LogP contribution in [0.3, 0.4) is 0 Å². The van der Waals surface area contributed by atoms with Gasteiger partial charge in [-0.1, -0.05) is 0 Å². The first-order valence-corrected chi connectivity index (χ1v) is 25.7. The Bertz CT molecular complexity index is 2310. The maximum Gasteiger partial charge on any atom is 0.410 e. The number of carbonyl (C=O) groups is 6. The molecule has 5 unspecified atom stereocenters. The van der Waals surface area contributed by atoms with E-state index in [2.05, 4.69) is 26.6 Å². The van der Waals surface area contributed by atoms with E-state index in [1.165, 1.54) is 44.3 Å². The van der Waals surface area contributed by atoms with Crippen molar-refractivity contribution < 1.29 is 96.7 Å². The molecule has 12 atom stereocenters. The first kappa shape index (κ1) is 65.2. The summed E-state index contributed by atoms with van der Waals surface area (Å²) in [6.45, 7) is 19.5. The normalized spacial score (nSPS) is 26.8. The summed E-state index contributed by atoms with van der Waals surface area (Å²) in [5.74, 6) is -0.964. The first-order chi connectivity index (χ1) is 36.3. The van der Waals surface area contributed by atoms with Gasteiger partial charge in [0.1, 0.15) is 70.9 Å². The van der Waals surface area contributed by atoms with Crippen LogP contribution in [-0.4, -0.2) is 189 Å². The SMILES string of the molecule is CN(C(=O)OC(C)(C)C)C1C(O)[C@@H](O[C@@H]2C(O)C(O[C@H]3OC(CNC(=O)OCc4ccc([N+](=O)[O-])cc4)=CCC3NC(=O)OC(C)(C)C)[C@@H](NC(=O)OC(C)(C)C)C[C@H]2NC(=O)[C@@H](O)CCNC(=O)OC(C)(C)C)OC[C@]1(C)O. The van der Waals surface area contributed by atoms with E-state index in [4.69, 9.17) is 42.6 Å². The van der Waals surface area contributed by atoms with Crippen molar-refractivity contribution in [3.05, 3.63) is 51.8 Å². The Hall–Kier alpha value is -6.30. The number of nitrogens with zero attached hydrogens (tertiary/aromatic N) is 2. The highest BCUT2D eigenvalue weighted by Gasteiger charge is 2.55. The smallest absolute Gasteiger partial charge is 0.410 e. The maximum atomic E-state index is 13.9. The van der Waals surface area contributed by atoms with E-state index in [-0.39, 0.29) is 44.0 Å². The summed E-state index contributed by atoms with van der Waals surface area (Å²) in [6.07, 6.45) is -16.3. The number of nitro benzene ring substituents is 1. The van der Waals surface area contributed by atoms with Gasteiger partial charge >= 0.3 is 30.5 Å². The van der Waals surface area contributed by atoms with Crippen LogP contribution < -0.4 is 26.6 Å². The van der Waals surface area contributed by atoms with E-state index in [1.807, 2.05) is 0 Å². The molecule has 4 rings (SSSR count). The number of alkyl carbamates (subject to hydrolysis) is 4. The molecule has 1 aliphatic carbocycles. The lowest BCUT2D eigenvalue weighted by molar-refractivity contribution is -0.384. The van der Waals surface area contributed by atoms with Crippen LogP contribution in [0.15, 0.2) is 36.1 Å². The van der Waals surface area contributed by atoms with Crippen molar-refractivity contribution in [3.63, 3.8) is 0 Å². The number of nitro groups is 1. The molecule has 28 nitrogen and oxygen atoms in total. The fourth-order valence-corrected chi connectivity index (χ4v) is 8.35. The van der Waals surface area contributed by atoms with Gasteiger partial charge in [0, 0.05) is 25.7 Å². The van der Waals surface area contributed by atoms with Crippen LogP contribution in [-0.2, 0) is 54.0 Å². The maximum absolute atomic E-state index is 13.9. The van der Waals surface area contributed by atoms with Crippen molar-refractivity contribution in [3.8, 4) is 0 Å². The summed E-state index contributed by atoms with van der Waals surface area (Å²) < 4.78 is 52.2. The molecule has 0 radical (unpaired) electrons. The van der Waals surface area contributed by atoms with Crippen molar-refractivity contribution in [2.75, 3.05) is 26.7 Å². The van der Waals surface area contributed by atoms with Gasteiger partial charge in [0.2, 0.25) is 12.2 Å². The van der Waals surface area contributed by atoms with E-state index in [9.17, 15) is 59.3 Å². The van der Waals surface area contributed by atoms with E-state index in [1.54, 1.807) is 83.1 Å². The zero-order chi connectivity index (χ0) is 59.6. The largest absolute Gasteiger partial charge is 0.465 e. The van der Waals surface area contributed by atoms with E-state index in [0.29, 0.717) is 5.56 Å². The Morgan fingerprint density at radius 2 is 1.27 bits per heavy atom. The number of carbonyl (C=O) groups excluding carboxylic acids is 6. The van der Waals surface area contributed by atoms with Crippen LogP contribution in [0.25, 0.3) is 0 Å². The second-order valence-corrected chi connectivity index (χ2v) is 23.6. The average Bonchev–Trinajstić information content (AvgIpc) is 3.31. The lowest BCUT2D eigenvalue weighted by Crippen LogP contribution is -2.71. The third-order valence-corrected chi connectivity index (χ3v) is 11.7. The Morgan fingerprint density at radius 1 is 0.747 bits per heavy atom. The number of aliphatic hydroxyl groups is 4. The van der Waals surface area contributed by atoms with Crippen molar-refractivity contribution in [1.29, 1.82) is 0 Å². The van der Waals surface area contributed by atoms with Crippen LogP contribution in [0.2, 0.25) is 0 Å². The Balaban J connectivity index is 1.73. The fraction of sp³-hybridized carbons (Fsp3) is 0.725. The highest BCUT2D eigenvalue weighted by Crippen LogP contribution is 2.35. The van der Waals surface area contributed by atoms with Gasteiger partial charge in [-0.05, 0) is 133 Å². The highest BCUT2D eigenvalue weighted by molar-refractivity contribution is 5.81. The zero-order valence-corrected chi connectivity index (χ0v) is 47.3. The predicted molar refractivity (Wildman–Crippen MR) is 276 cm³/mol. The van der Waals surface area contributed by atoms with Gasteiger partial charge in [-0.15, -0.1) is 0 Å². The first-order valence-electron chi connectivity index (χ1n) is 25.7. The zero-order valence-electron chi connectivity index (χ0n) is 47.3. The van der Waals surface area contributed by atoms with Gasteiger partial charge in [-0.2, -0.15) is 0 Å². The minimum absolute atomic E-state index is 0.0420. The molecule has 0 spiro atoms. The Kier molecular flexibility index (Phi) is 22.1. The molecule has 28 heteroatoms. The van der Waals surface area contributed by atoms with Gasteiger partial charge in [0.05, 0.1) is 42.2 Å². The standard InChI is InChI=1S/C51H81N7O21/c1-47(2,3)76-43(64)52-22-21-33(59)39(62)54-31-23-32(56-45(66)78-49(7,8)9)37(34(60)36(31)75-41-35(61)38(51(13,68)26-72-41)57(14)46(67)79-50(10,11)12)74-40-30(55-44(65)77-48(4,5)6)20-19-29(73-40)24-53-42(63)71-25-27-15-17-28(18-16-27)58(69)70/h15-19,30-38,40-41,59-61,68H,20-26H2,1-14H3,(H,52,64)(H,53,63)(H,54,62)(H,55,65)(H,56,66)/t30?,31-,32+,33+,34?,35?,36+,37?,38?,40-,41-,51+/m1/s1. The topological polar surface area (TPSA) is 373 Å². The molecule has 1 saturated heterocycles. The van der Waals surface area contributed by atoms with Gasteiger partial charge in [0.15, 0.2) is 6.29 Å². The lowest BCUT2D eigenvalue weighted by Gasteiger charge is -2.50. The van der Waals surface area contributed by atoms with Crippen molar-refractivity contribution >= 4 is 42.1 Å². The molecule has 9 N–H and O–H groups in total. The molecule has 2 fully saturated rings. The number of nitrogens with one attached hydrogen (secondary N) is 5. The molecule has 3 aliphatic rings. The molecule has 2 heterocycles. The number of benzene rings is 1. The van der Waals surface area contributed by atoms with Gasteiger partial charge in [0.25, 0.3) is 5.69 Å². The van der Waals surface area contributed by atoms with E-state index >= 15 is 0 Å². The second-order valence-electron chi connectivity index (χ2n) is 23.6. The summed E-state index contributed by atoms with van der Waals surface area (Å²) in [6, 6.07) is -0.0245. The molecular formula is C51H81N7O21. The van der Waals surface area contributed by atoms with Gasteiger partial charge in [-0.25, -0.2) is 24.0 Å². The summed E-state index contributed by atoms with van der Waals surface area (Å²) >= 11 is 0. The number of aliphatic hydroxyl groups excluding tert-OH is 3.